The molecule has 0 bridgehead atoms. The van der Waals surface area contributed by atoms with Crippen LogP contribution in [0, 0.1) is 0 Å². The quantitative estimate of drug-likeness (QED) is 0.694. The largest absolute Gasteiger partial charge is 0.469 e. The van der Waals surface area contributed by atoms with Crippen molar-refractivity contribution in [3.63, 3.8) is 0 Å². The summed E-state index contributed by atoms with van der Waals surface area (Å²) in [6, 6.07) is -0.442. The molecular formula is C11H17NO5. The zero-order valence-corrected chi connectivity index (χ0v) is 10.1. The highest BCUT2D eigenvalue weighted by atomic mass is 16.6. The highest BCUT2D eigenvalue weighted by Crippen LogP contribution is 2.22. The van der Waals surface area contributed by atoms with Crippen LogP contribution in [0.15, 0.2) is 0 Å². The number of methoxy groups -OCH3 is 1. The summed E-state index contributed by atoms with van der Waals surface area (Å²) >= 11 is 0. The summed E-state index contributed by atoms with van der Waals surface area (Å²) in [7, 11) is 1.28. The van der Waals surface area contributed by atoms with Crippen molar-refractivity contribution in [3.8, 4) is 0 Å². The van der Waals surface area contributed by atoms with E-state index in [9.17, 15) is 14.4 Å². The summed E-state index contributed by atoms with van der Waals surface area (Å²) in [5.74, 6) is -0.720. The molecule has 1 saturated heterocycles. The van der Waals surface area contributed by atoms with Crippen LogP contribution in [0.4, 0.5) is 4.79 Å². The molecule has 1 aliphatic rings. The molecule has 0 N–H and O–H groups in total. The van der Waals surface area contributed by atoms with Crippen LogP contribution in [0.2, 0.25) is 0 Å². The minimum Gasteiger partial charge on any atom is -0.469 e. The molecule has 6 heteroatoms. The van der Waals surface area contributed by atoms with Gasteiger partial charge in [-0.15, -0.1) is 0 Å². The molecular weight excluding hydrogens is 226 g/mol. The van der Waals surface area contributed by atoms with E-state index in [2.05, 4.69) is 4.74 Å². The molecule has 2 amide bonds. The highest BCUT2D eigenvalue weighted by Gasteiger charge is 2.35. The first-order valence-electron chi connectivity index (χ1n) is 5.65. The van der Waals surface area contributed by atoms with Crippen molar-refractivity contribution in [1.82, 2.24) is 4.90 Å². The van der Waals surface area contributed by atoms with Gasteiger partial charge in [0.25, 0.3) is 0 Å². The van der Waals surface area contributed by atoms with Crippen LogP contribution >= 0.6 is 0 Å². The first kappa shape index (κ1) is 13.5. The SMILES string of the molecule is CCOC(=O)N1C(=O)CCCC1CC(=O)OC. The lowest BCUT2D eigenvalue weighted by atomic mass is 9.99. The average molecular weight is 243 g/mol. The van der Waals surface area contributed by atoms with Gasteiger partial charge in [-0.25, -0.2) is 9.69 Å². The van der Waals surface area contributed by atoms with Gasteiger partial charge in [-0.3, -0.25) is 9.59 Å². The number of likely N-dealkylation sites (tertiary alicyclic amines) is 1. The highest BCUT2D eigenvalue weighted by molar-refractivity contribution is 5.93. The summed E-state index contributed by atoms with van der Waals surface area (Å²) in [5, 5.41) is 0. The van der Waals surface area contributed by atoms with Crippen molar-refractivity contribution in [2.45, 2.75) is 38.6 Å². The van der Waals surface area contributed by atoms with Gasteiger partial charge in [0.1, 0.15) is 0 Å². The number of piperidine rings is 1. The van der Waals surface area contributed by atoms with Crippen molar-refractivity contribution >= 4 is 18.0 Å². The molecule has 1 heterocycles. The molecule has 1 aliphatic heterocycles. The monoisotopic (exact) mass is 243 g/mol. The molecule has 1 rings (SSSR count). The van der Waals surface area contributed by atoms with Crippen molar-refractivity contribution in [1.29, 1.82) is 0 Å². The van der Waals surface area contributed by atoms with Crippen molar-refractivity contribution in [2.24, 2.45) is 0 Å². The van der Waals surface area contributed by atoms with E-state index in [0.717, 1.165) is 4.90 Å². The number of nitrogens with zero attached hydrogens (tertiary/aromatic N) is 1. The normalized spacial score (nSPS) is 20.0. The van der Waals surface area contributed by atoms with Gasteiger partial charge in [-0.05, 0) is 19.8 Å². The van der Waals surface area contributed by atoms with Gasteiger partial charge in [-0.2, -0.15) is 0 Å². The Morgan fingerprint density at radius 1 is 1.47 bits per heavy atom. The molecule has 17 heavy (non-hydrogen) atoms. The van der Waals surface area contributed by atoms with E-state index in [0.29, 0.717) is 19.3 Å². The molecule has 6 nitrogen and oxygen atoms in total. The second kappa shape index (κ2) is 6.22. The van der Waals surface area contributed by atoms with E-state index in [4.69, 9.17) is 4.74 Å². The van der Waals surface area contributed by atoms with Crippen LogP contribution in [0.3, 0.4) is 0 Å². The number of hydrogen-bond acceptors (Lipinski definition) is 5. The Balaban J connectivity index is 2.73. The minimum absolute atomic E-state index is 0.0288. The van der Waals surface area contributed by atoms with Gasteiger partial charge >= 0.3 is 12.1 Å². The van der Waals surface area contributed by atoms with Gasteiger partial charge in [0.15, 0.2) is 0 Å². The van der Waals surface area contributed by atoms with Crippen LogP contribution in [0.1, 0.15) is 32.6 Å². The maximum atomic E-state index is 11.7. The van der Waals surface area contributed by atoms with Crippen LogP contribution in [0.5, 0.6) is 0 Å². The first-order chi connectivity index (χ1) is 8.10. The average Bonchev–Trinajstić information content (AvgIpc) is 2.29. The smallest absolute Gasteiger partial charge is 0.416 e. The molecule has 96 valence electrons. The fourth-order valence-corrected chi connectivity index (χ4v) is 1.86. The Morgan fingerprint density at radius 3 is 2.76 bits per heavy atom. The van der Waals surface area contributed by atoms with E-state index in [1.54, 1.807) is 6.92 Å². The number of carbonyl (C=O) groups is 3. The number of ether oxygens (including phenoxy) is 2. The number of amides is 2. The lowest BCUT2D eigenvalue weighted by Crippen LogP contribution is -2.48. The summed E-state index contributed by atoms with van der Waals surface area (Å²) in [5.41, 5.74) is 0. The predicted molar refractivity (Wildman–Crippen MR) is 58.1 cm³/mol. The van der Waals surface area contributed by atoms with E-state index in [-0.39, 0.29) is 18.9 Å². The van der Waals surface area contributed by atoms with Crippen molar-refractivity contribution < 1.29 is 23.9 Å². The van der Waals surface area contributed by atoms with Gasteiger partial charge in [-0.1, -0.05) is 0 Å². The summed E-state index contributed by atoms with van der Waals surface area (Å²) in [6.45, 7) is 1.87. The maximum absolute atomic E-state index is 11.7. The van der Waals surface area contributed by atoms with Gasteiger partial charge < -0.3 is 9.47 Å². The Morgan fingerprint density at radius 2 is 2.18 bits per heavy atom. The fraction of sp³-hybridized carbons (Fsp3) is 0.727. The molecule has 0 spiro atoms. The van der Waals surface area contributed by atoms with E-state index in [1.807, 2.05) is 0 Å². The zero-order valence-electron chi connectivity index (χ0n) is 10.1. The number of hydrogen-bond donors (Lipinski definition) is 0. The lowest BCUT2D eigenvalue weighted by molar-refractivity contribution is -0.144. The Kier molecular flexibility index (Phi) is 4.93. The third-order valence-corrected chi connectivity index (χ3v) is 2.66. The first-order valence-corrected chi connectivity index (χ1v) is 5.65. The minimum atomic E-state index is -0.675. The molecule has 0 saturated carbocycles. The molecule has 0 aromatic carbocycles. The molecule has 0 aliphatic carbocycles. The third-order valence-electron chi connectivity index (χ3n) is 2.66. The van der Waals surface area contributed by atoms with Crippen LogP contribution < -0.4 is 0 Å². The Labute approximate surface area is 99.9 Å². The van der Waals surface area contributed by atoms with E-state index in [1.165, 1.54) is 7.11 Å². The number of rotatable bonds is 3. The molecule has 1 atom stereocenters. The molecule has 0 aromatic heterocycles. The predicted octanol–water partition coefficient (Wildman–Crippen LogP) is 1.09. The zero-order chi connectivity index (χ0) is 12.8. The Bertz CT molecular complexity index is 315. The third kappa shape index (κ3) is 3.44. The lowest BCUT2D eigenvalue weighted by Gasteiger charge is -2.32. The summed E-state index contributed by atoms with van der Waals surface area (Å²) in [6.07, 6.45) is 0.958. The van der Waals surface area contributed by atoms with Gasteiger partial charge in [0.2, 0.25) is 5.91 Å². The topological polar surface area (TPSA) is 72.9 Å². The van der Waals surface area contributed by atoms with Crippen LogP contribution in [0.25, 0.3) is 0 Å². The molecule has 1 fully saturated rings. The van der Waals surface area contributed by atoms with Crippen LogP contribution in [-0.4, -0.2) is 42.6 Å². The number of carbonyl (C=O) groups excluding carboxylic acids is 3. The standard InChI is InChI=1S/C11H17NO5/c1-3-17-11(15)12-8(7-10(14)16-2)5-4-6-9(12)13/h8H,3-7H2,1-2H3. The molecule has 0 radical (unpaired) electrons. The summed E-state index contributed by atoms with van der Waals surface area (Å²) in [4.78, 5) is 35.5. The molecule has 1 unspecified atom stereocenters. The van der Waals surface area contributed by atoms with Crippen molar-refractivity contribution in [2.75, 3.05) is 13.7 Å². The van der Waals surface area contributed by atoms with Crippen molar-refractivity contribution in [3.05, 3.63) is 0 Å². The van der Waals surface area contributed by atoms with Gasteiger partial charge in [0.05, 0.1) is 26.2 Å². The van der Waals surface area contributed by atoms with Gasteiger partial charge in [0, 0.05) is 6.42 Å². The van der Waals surface area contributed by atoms with E-state index >= 15 is 0 Å². The Hall–Kier alpha value is -1.59. The number of imide groups is 1. The second-order valence-electron chi connectivity index (χ2n) is 3.79. The maximum Gasteiger partial charge on any atom is 0.416 e. The second-order valence-corrected chi connectivity index (χ2v) is 3.79. The summed E-state index contributed by atoms with van der Waals surface area (Å²) < 4.78 is 9.36. The van der Waals surface area contributed by atoms with Crippen LogP contribution in [-0.2, 0) is 19.1 Å². The number of esters is 1. The fourth-order valence-electron chi connectivity index (χ4n) is 1.86. The molecule has 0 aromatic rings. The van der Waals surface area contributed by atoms with E-state index < -0.39 is 18.1 Å².